The van der Waals surface area contributed by atoms with Gasteiger partial charge in [-0.1, -0.05) is 0 Å². The summed E-state index contributed by atoms with van der Waals surface area (Å²) >= 11 is 0. The maximum Gasteiger partial charge on any atom is 0.293 e. The number of amides is 2. The van der Waals surface area contributed by atoms with Gasteiger partial charge in [0.05, 0.1) is 4.92 Å². The number of anilines is 1. The lowest BCUT2D eigenvalue weighted by Crippen LogP contribution is -2.51. The summed E-state index contributed by atoms with van der Waals surface area (Å²) in [5, 5.41) is 14.5. The Morgan fingerprint density at radius 3 is 2.27 bits per heavy atom. The molecule has 0 bridgehead atoms. The van der Waals surface area contributed by atoms with E-state index in [0.717, 1.165) is 25.7 Å². The minimum Gasteiger partial charge on any atom is -0.377 e. The van der Waals surface area contributed by atoms with Crippen molar-refractivity contribution in [1.29, 1.82) is 0 Å². The summed E-state index contributed by atoms with van der Waals surface area (Å²) in [5.41, 5.74) is 0.721. The lowest BCUT2D eigenvalue weighted by molar-refractivity contribution is -0.384. The molecule has 0 radical (unpaired) electrons. The second kappa shape index (κ2) is 6.59. The number of piperazine rings is 1. The fourth-order valence-electron chi connectivity index (χ4n) is 3.29. The molecular weight excluding hydrogens is 336 g/mol. The van der Waals surface area contributed by atoms with Crippen LogP contribution in [0.3, 0.4) is 0 Å². The van der Waals surface area contributed by atoms with E-state index < -0.39 is 4.92 Å². The molecule has 3 aliphatic rings. The second-order valence-electron chi connectivity index (χ2n) is 7.30. The van der Waals surface area contributed by atoms with Gasteiger partial charge in [0.15, 0.2) is 0 Å². The van der Waals surface area contributed by atoms with Crippen LogP contribution in [0.15, 0.2) is 18.2 Å². The van der Waals surface area contributed by atoms with Crippen LogP contribution in [0.25, 0.3) is 0 Å². The highest BCUT2D eigenvalue weighted by Gasteiger charge is 2.35. The van der Waals surface area contributed by atoms with Crippen LogP contribution in [0.5, 0.6) is 0 Å². The van der Waals surface area contributed by atoms with Gasteiger partial charge in [-0.05, 0) is 37.8 Å². The first-order valence-corrected chi connectivity index (χ1v) is 9.16. The van der Waals surface area contributed by atoms with Gasteiger partial charge in [0.2, 0.25) is 5.91 Å². The van der Waals surface area contributed by atoms with E-state index >= 15 is 0 Å². The summed E-state index contributed by atoms with van der Waals surface area (Å²) in [6.45, 7) is 2.00. The molecule has 0 spiro atoms. The van der Waals surface area contributed by atoms with Gasteiger partial charge in [-0.2, -0.15) is 0 Å². The summed E-state index contributed by atoms with van der Waals surface area (Å²) in [5.74, 6) is 0.166. The normalized spacial score (nSPS) is 20.0. The van der Waals surface area contributed by atoms with Crippen molar-refractivity contribution in [2.24, 2.45) is 5.92 Å². The van der Waals surface area contributed by atoms with Crippen molar-refractivity contribution < 1.29 is 14.5 Å². The van der Waals surface area contributed by atoms with Crippen LogP contribution in [0.2, 0.25) is 0 Å². The molecule has 0 aromatic heterocycles. The first kappa shape index (κ1) is 16.8. The number of carbonyl (C=O) groups is 2. The van der Waals surface area contributed by atoms with Crippen molar-refractivity contribution in [3.05, 3.63) is 33.9 Å². The number of rotatable bonds is 5. The predicted molar refractivity (Wildman–Crippen MR) is 94.9 cm³/mol. The number of hydrogen-bond donors (Lipinski definition) is 1. The maximum absolute atomic E-state index is 12.7. The predicted octanol–water partition coefficient (Wildman–Crippen LogP) is 1.86. The minimum absolute atomic E-state index is 0.0645. The third kappa shape index (κ3) is 3.49. The molecule has 1 aromatic rings. The van der Waals surface area contributed by atoms with Crippen LogP contribution in [0, 0.1) is 16.0 Å². The summed E-state index contributed by atoms with van der Waals surface area (Å²) in [7, 11) is 0. The number of benzene rings is 1. The van der Waals surface area contributed by atoms with E-state index in [9.17, 15) is 19.7 Å². The smallest absolute Gasteiger partial charge is 0.293 e. The van der Waals surface area contributed by atoms with Crippen molar-refractivity contribution in [2.75, 3.05) is 31.5 Å². The molecule has 8 nitrogen and oxygen atoms in total. The Morgan fingerprint density at radius 2 is 1.69 bits per heavy atom. The SMILES string of the molecule is O=C(c1ccc(NC2CC2)c([N+](=O)[O-])c1)N1CCN(C(=O)C2CC2)CC1. The summed E-state index contributed by atoms with van der Waals surface area (Å²) in [6, 6.07) is 4.92. The Kier molecular flexibility index (Phi) is 4.26. The van der Waals surface area contributed by atoms with Crippen LogP contribution in [0.1, 0.15) is 36.0 Å². The van der Waals surface area contributed by atoms with Gasteiger partial charge in [0.25, 0.3) is 11.6 Å². The molecule has 4 rings (SSSR count). The molecule has 8 heteroatoms. The molecule has 138 valence electrons. The van der Waals surface area contributed by atoms with Crippen LogP contribution in [0.4, 0.5) is 11.4 Å². The highest BCUT2D eigenvalue weighted by atomic mass is 16.6. The van der Waals surface area contributed by atoms with Crippen LogP contribution in [-0.4, -0.2) is 58.8 Å². The molecular formula is C18H22N4O4. The molecule has 0 unspecified atom stereocenters. The standard InChI is InChI=1S/C18H22N4O4/c23-17(12-1-2-12)20-7-9-21(10-8-20)18(24)13-3-6-15(19-14-4-5-14)16(11-13)22(25)26/h3,6,11-12,14,19H,1-2,4-5,7-10H2. The number of hydrogen-bond acceptors (Lipinski definition) is 5. The molecule has 26 heavy (non-hydrogen) atoms. The van der Waals surface area contributed by atoms with Crippen molar-refractivity contribution in [2.45, 2.75) is 31.7 Å². The first-order valence-electron chi connectivity index (χ1n) is 9.16. The van der Waals surface area contributed by atoms with E-state index in [1.807, 2.05) is 4.90 Å². The average molecular weight is 358 g/mol. The number of nitrogens with one attached hydrogen (secondary N) is 1. The Bertz CT molecular complexity index is 750. The Morgan fingerprint density at radius 1 is 1.04 bits per heavy atom. The molecule has 3 fully saturated rings. The third-order valence-electron chi connectivity index (χ3n) is 5.18. The minimum atomic E-state index is -0.451. The lowest BCUT2D eigenvalue weighted by atomic mass is 10.1. The summed E-state index contributed by atoms with van der Waals surface area (Å²) in [4.78, 5) is 39.2. The third-order valence-corrected chi connectivity index (χ3v) is 5.18. The van der Waals surface area contributed by atoms with E-state index in [-0.39, 0.29) is 23.4 Å². The number of carbonyl (C=O) groups excluding carboxylic acids is 2. The number of nitro benzene ring substituents is 1. The van der Waals surface area contributed by atoms with Crippen molar-refractivity contribution in [3.8, 4) is 0 Å². The highest BCUT2D eigenvalue weighted by molar-refractivity contribution is 5.96. The quantitative estimate of drug-likeness (QED) is 0.640. The van der Waals surface area contributed by atoms with Gasteiger partial charge in [-0.3, -0.25) is 19.7 Å². The molecule has 1 aliphatic heterocycles. The van der Waals surface area contributed by atoms with Gasteiger partial charge in [-0.15, -0.1) is 0 Å². The van der Waals surface area contributed by atoms with E-state index in [0.29, 0.717) is 43.5 Å². The Labute approximate surface area is 151 Å². The van der Waals surface area contributed by atoms with Crippen LogP contribution in [-0.2, 0) is 4.79 Å². The molecule has 1 heterocycles. The molecule has 2 amide bonds. The van der Waals surface area contributed by atoms with Crippen molar-refractivity contribution in [1.82, 2.24) is 9.80 Å². The number of nitrogens with zero attached hydrogens (tertiary/aromatic N) is 3. The largest absolute Gasteiger partial charge is 0.377 e. The highest BCUT2D eigenvalue weighted by Crippen LogP contribution is 2.33. The molecule has 2 aliphatic carbocycles. The fourth-order valence-corrected chi connectivity index (χ4v) is 3.29. The average Bonchev–Trinajstić information content (AvgIpc) is 3.54. The maximum atomic E-state index is 12.7. The van der Waals surface area contributed by atoms with E-state index in [1.165, 1.54) is 6.07 Å². The summed E-state index contributed by atoms with van der Waals surface area (Å²) in [6.07, 6.45) is 3.98. The first-order chi connectivity index (χ1) is 12.5. The van der Waals surface area contributed by atoms with Crippen molar-refractivity contribution in [3.63, 3.8) is 0 Å². The van der Waals surface area contributed by atoms with Crippen LogP contribution >= 0.6 is 0 Å². The molecule has 0 atom stereocenters. The zero-order valence-corrected chi connectivity index (χ0v) is 14.5. The molecule has 1 saturated heterocycles. The zero-order valence-electron chi connectivity index (χ0n) is 14.5. The molecule has 2 saturated carbocycles. The monoisotopic (exact) mass is 358 g/mol. The Hall–Kier alpha value is -2.64. The van der Waals surface area contributed by atoms with Gasteiger partial charge >= 0.3 is 0 Å². The summed E-state index contributed by atoms with van der Waals surface area (Å²) < 4.78 is 0. The van der Waals surface area contributed by atoms with Gasteiger partial charge in [0, 0.05) is 49.8 Å². The Balaban J connectivity index is 1.43. The van der Waals surface area contributed by atoms with Crippen molar-refractivity contribution >= 4 is 23.2 Å². The van der Waals surface area contributed by atoms with Gasteiger partial charge in [0.1, 0.15) is 5.69 Å². The van der Waals surface area contributed by atoms with E-state index in [1.54, 1.807) is 17.0 Å². The van der Waals surface area contributed by atoms with Crippen LogP contribution < -0.4 is 5.32 Å². The van der Waals surface area contributed by atoms with E-state index in [4.69, 9.17) is 0 Å². The topological polar surface area (TPSA) is 95.8 Å². The lowest BCUT2D eigenvalue weighted by Gasteiger charge is -2.35. The molecule has 1 aromatic carbocycles. The zero-order chi connectivity index (χ0) is 18.3. The van der Waals surface area contributed by atoms with Gasteiger partial charge < -0.3 is 15.1 Å². The van der Waals surface area contributed by atoms with Gasteiger partial charge in [-0.25, -0.2) is 0 Å². The second-order valence-corrected chi connectivity index (χ2v) is 7.30. The number of nitro groups is 1. The van der Waals surface area contributed by atoms with E-state index in [2.05, 4.69) is 5.32 Å². The fraction of sp³-hybridized carbons (Fsp3) is 0.556. The molecule has 1 N–H and O–H groups in total.